The Kier molecular flexibility index (Phi) is 4.94. The van der Waals surface area contributed by atoms with Gasteiger partial charge in [-0.1, -0.05) is 18.2 Å². The first-order valence-electron chi connectivity index (χ1n) is 9.32. The van der Waals surface area contributed by atoms with Crippen molar-refractivity contribution in [2.45, 2.75) is 13.0 Å². The first kappa shape index (κ1) is 19.2. The Bertz CT molecular complexity index is 1290. The number of aromatic nitrogens is 2. The number of methoxy groups -OCH3 is 1. The Hall–Kier alpha value is -4.12. The molecule has 150 valence electrons. The summed E-state index contributed by atoms with van der Waals surface area (Å²) in [6.45, 7) is 0.633. The van der Waals surface area contributed by atoms with Crippen molar-refractivity contribution in [3.8, 4) is 17.5 Å². The Morgan fingerprint density at radius 2 is 1.97 bits per heavy atom. The molecule has 0 saturated heterocycles. The molecule has 0 radical (unpaired) electrons. The minimum atomic E-state index is -0.423. The van der Waals surface area contributed by atoms with Gasteiger partial charge in [-0.2, -0.15) is 5.26 Å². The van der Waals surface area contributed by atoms with Crippen molar-refractivity contribution in [2.24, 2.45) is 0 Å². The van der Waals surface area contributed by atoms with E-state index in [0.717, 1.165) is 11.3 Å². The second-order valence-corrected chi connectivity index (χ2v) is 6.90. The fraction of sp³-hybridized carbons (Fsp3) is 0.182. The van der Waals surface area contributed by atoms with Crippen LogP contribution in [-0.4, -0.2) is 34.0 Å². The van der Waals surface area contributed by atoms with Crippen LogP contribution < -0.4 is 15.9 Å². The number of carbonyl (C=O) groups excluding carboxylic acids is 1. The van der Waals surface area contributed by atoms with E-state index in [0.29, 0.717) is 18.7 Å². The van der Waals surface area contributed by atoms with E-state index < -0.39 is 5.56 Å². The van der Waals surface area contributed by atoms with Gasteiger partial charge in [-0.15, -0.1) is 0 Å². The molecule has 8 nitrogen and oxygen atoms in total. The quantitative estimate of drug-likeness (QED) is 0.716. The zero-order chi connectivity index (χ0) is 21.3. The van der Waals surface area contributed by atoms with Crippen molar-refractivity contribution in [3.63, 3.8) is 0 Å². The van der Waals surface area contributed by atoms with Gasteiger partial charge in [0.15, 0.2) is 0 Å². The number of nitriles is 1. The molecule has 3 heterocycles. The maximum absolute atomic E-state index is 13.3. The van der Waals surface area contributed by atoms with Crippen LogP contribution in [-0.2, 0) is 13.0 Å². The number of hydrogen-bond acceptors (Lipinski definition) is 5. The van der Waals surface area contributed by atoms with Crippen LogP contribution in [0.5, 0.6) is 5.75 Å². The Morgan fingerprint density at radius 1 is 1.20 bits per heavy atom. The first-order valence-corrected chi connectivity index (χ1v) is 9.32. The second-order valence-electron chi connectivity index (χ2n) is 6.90. The van der Waals surface area contributed by atoms with Crippen LogP contribution in [0.1, 0.15) is 27.2 Å². The van der Waals surface area contributed by atoms with Crippen molar-refractivity contribution in [1.29, 1.82) is 5.26 Å². The lowest BCUT2D eigenvalue weighted by atomic mass is 10.0. The first-order chi connectivity index (χ1) is 14.5. The molecule has 1 N–H and O–H groups in total. The Morgan fingerprint density at radius 3 is 2.67 bits per heavy atom. The molecule has 8 heteroatoms. The van der Waals surface area contributed by atoms with Crippen LogP contribution in [0.15, 0.2) is 58.3 Å². The van der Waals surface area contributed by atoms with E-state index in [1.54, 1.807) is 17.0 Å². The van der Waals surface area contributed by atoms with Gasteiger partial charge in [-0.25, -0.2) is 0 Å². The molecular weight excluding hydrogens is 384 g/mol. The molecule has 0 unspecified atom stereocenters. The van der Waals surface area contributed by atoms with Crippen LogP contribution >= 0.6 is 0 Å². The molecule has 0 saturated carbocycles. The average molecular weight is 402 g/mol. The molecule has 1 aliphatic heterocycles. The predicted molar refractivity (Wildman–Crippen MR) is 109 cm³/mol. The highest BCUT2D eigenvalue weighted by atomic mass is 16.5. The van der Waals surface area contributed by atoms with Crippen LogP contribution in [0, 0.1) is 11.3 Å². The molecule has 3 aromatic rings. The number of rotatable bonds is 3. The highest BCUT2D eigenvalue weighted by Crippen LogP contribution is 2.23. The molecule has 0 fully saturated rings. The largest absolute Gasteiger partial charge is 0.496 e. The highest BCUT2D eigenvalue weighted by molar-refractivity contribution is 5.96. The standard InChI is InChI=1S/C22H18N4O4/c1-30-19-10-20(27)26(16-5-3-2-4-6-16)13-17(19)22(29)25-8-7-18-15(12-25)9-14(11-23)21(28)24-18/h2-6,9-10,13H,7-8,12H2,1H3,(H,24,28). The zero-order valence-electron chi connectivity index (χ0n) is 16.2. The molecule has 30 heavy (non-hydrogen) atoms. The lowest BCUT2D eigenvalue weighted by molar-refractivity contribution is 0.0729. The van der Waals surface area contributed by atoms with E-state index in [9.17, 15) is 14.4 Å². The third kappa shape index (κ3) is 3.37. The molecule has 0 atom stereocenters. The maximum atomic E-state index is 13.3. The van der Waals surface area contributed by atoms with Crippen molar-refractivity contribution in [1.82, 2.24) is 14.5 Å². The zero-order valence-corrected chi connectivity index (χ0v) is 16.2. The number of benzene rings is 1. The van der Waals surface area contributed by atoms with Gasteiger partial charge in [0.25, 0.3) is 17.0 Å². The van der Waals surface area contributed by atoms with Crippen molar-refractivity contribution in [3.05, 3.63) is 91.8 Å². The number of nitrogens with zero attached hydrogens (tertiary/aromatic N) is 3. The minimum Gasteiger partial charge on any atom is -0.496 e. The number of carbonyl (C=O) groups is 1. The van der Waals surface area contributed by atoms with Gasteiger partial charge in [-0.05, 0) is 23.8 Å². The highest BCUT2D eigenvalue weighted by Gasteiger charge is 2.26. The lowest BCUT2D eigenvalue weighted by Gasteiger charge is -2.29. The molecule has 2 aromatic heterocycles. The monoisotopic (exact) mass is 402 g/mol. The van der Waals surface area contributed by atoms with Crippen molar-refractivity contribution < 1.29 is 9.53 Å². The lowest BCUT2D eigenvalue weighted by Crippen LogP contribution is -2.38. The van der Waals surface area contributed by atoms with Gasteiger partial charge < -0.3 is 14.6 Å². The average Bonchev–Trinajstić information content (AvgIpc) is 2.78. The number of hydrogen-bond donors (Lipinski definition) is 1. The van der Waals surface area contributed by atoms with Crippen molar-refractivity contribution >= 4 is 5.91 Å². The van der Waals surface area contributed by atoms with E-state index in [4.69, 9.17) is 10.00 Å². The molecule has 1 aliphatic rings. The summed E-state index contributed by atoms with van der Waals surface area (Å²) in [5, 5.41) is 9.11. The van der Waals surface area contributed by atoms with Gasteiger partial charge in [-0.3, -0.25) is 19.0 Å². The number of pyridine rings is 2. The number of amides is 1. The van der Waals surface area contributed by atoms with Crippen LogP contribution in [0.25, 0.3) is 5.69 Å². The fourth-order valence-electron chi connectivity index (χ4n) is 3.57. The van der Waals surface area contributed by atoms with Crippen LogP contribution in [0.3, 0.4) is 0 Å². The number of H-pyrrole nitrogens is 1. The van der Waals surface area contributed by atoms with E-state index in [1.165, 1.54) is 30.0 Å². The Balaban J connectivity index is 1.72. The molecule has 0 spiro atoms. The number of nitrogens with one attached hydrogen (secondary N) is 1. The molecular formula is C22H18N4O4. The summed E-state index contributed by atoms with van der Waals surface area (Å²) in [4.78, 5) is 42.0. The summed E-state index contributed by atoms with van der Waals surface area (Å²) in [6, 6.07) is 13.7. The Labute approximate surface area is 171 Å². The predicted octanol–water partition coefficient (Wildman–Crippen LogP) is 1.60. The van der Waals surface area contributed by atoms with Gasteiger partial charge in [0.1, 0.15) is 17.4 Å². The molecule has 4 rings (SSSR count). The third-order valence-electron chi connectivity index (χ3n) is 5.12. The minimum absolute atomic E-state index is 0.0123. The van der Waals surface area contributed by atoms with Gasteiger partial charge in [0, 0.05) is 43.2 Å². The topological polar surface area (TPSA) is 108 Å². The number of ether oxygens (including phenoxy) is 1. The summed E-state index contributed by atoms with van der Waals surface area (Å²) in [7, 11) is 1.41. The van der Waals surface area contributed by atoms with Crippen LogP contribution in [0.4, 0.5) is 0 Å². The smallest absolute Gasteiger partial charge is 0.266 e. The molecule has 1 amide bonds. The number of fused-ring (bicyclic) bond motifs is 1. The summed E-state index contributed by atoms with van der Waals surface area (Å²) < 4.78 is 6.70. The third-order valence-corrected chi connectivity index (χ3v) is 5.12. The van der Waals surface area contributed by atoms with E-state index in [1.807, 2.05) is 24.3 Å². The summed E-state index contributed by atoms with van der Waals surface area (Å²) in [6.07, 6.45) is 1.95. The molecule has 1 aromatic carbocycles. The van der Waals surface area contributed by atoms with E-state index in [-0.39, 0.29) is 34.9 Å². The SMILES string of the molecule is COc1cc(=O)n(-c2ccccc2)cc1C(=O)N1CCc2[nH]c(=O)c(C#N)cc2C1. The van der Waals surface area contributed by atoms with Crippen molar-refractivity contribution in [2.75, 3.05) is 13.7 Å². The summed E-state index contributed by atoms with van der Waals surface area (Å²) in [5.74, 6) is -0.103. The second kappa shape index (κ2) is 7.72. The maximum Gasteiger partial charge on any atom is 0.266 e. The summed E-state index contributed by atoms with van der Waals surface area (Å²) >= 11 is 0. The van der Waals surface area contributed by atoms with E-state index in [2.05, 4.69) is 4.98 Å². The number of para-hydroxylation sites is 1. The normalized spacial score (nSPS) is 12.7. The van der Waals surface area contributed by atoms with E-state index >= 15 is 0 Å². The van der Waals surface area contributed by atoms with Crippen LogP contribution in [0.2, 0.25) is 0 Å². The molecule has 0 aliphatic carbocycles. The number of aromatic amines is 1. The van der Waals surface area contributed by atoms with Gasteiger partial charge in [0.2, 0.25) is 0 Å². The molecule has 0 bridgehead atoms. The fourth-order valence-corrected chi connectivity index (χ4v) is 3.57. The van der Waals surface area contributed by atoms with Gasteiger partial charge >= 0.3 is 0 Å². The summed E-state index contributed by atoms with van der Waals surface area (Å²) in [5.41, 5.74) is 1.62. The van der Waals surface area contributed by atoms with Gasteiger partial charge in [0.05, 0.1) is 12.7 Å².